The molecule has 0 radical (unpaired) electrons. The van der Waals surface area contributed by atoms with Gasteiger partial charge in [-0.3, -0.25) is 4.79 Å². The molecule has 4 rings (SSSR count). The number of nitrogens with zero attached hydrogens (tertiary/aromatic N) is 2. The van der Waals surface area contributed by atoms with E-state index in [2.05, 4.69) is 10.2 Å². The molecular weight excluding hydrogens is 417 g/mol. The van der Waals surface area contributed by atoms with Gasteiger partial charge in [-0.25, -0.2) is 12.8 Å². The molecule has 0 aromatic heterocycles. The third kappa shape index (κ3) is 5.14. The molecule has 0 saturated carbocycles. The molecule has 1 saturated heterocycles. The van der Waals surface area contributed by atoms with Crippen LogP contribution in [0, 0.1) is 5.82 Å². The highest BCUT2D eigenvalue weighted by molar-refractivity contribution is 7.89. The topological polar surface area (TPSA) is 69.7 Å². The monoisotopic (exact) mass is 445 g/mol. The molecular formula is C23H28FN3O3S. The maximum atomic E-state index is 13.6. The molecule has 1 amide bonds. The summed E-state index contributed by atoms with van der Waals surface area (Å²) in [4.78, 5) is 14.6. The van der Waals surface area contributed by atoms with E-state index >= 15 is 0 Å². The minimum Gasteiger partial charge on any atom is -0.324 e. The molecule has 1 fully saturated rings. The van der Waals surface area contributed by atoms with Gasteiger partial charge < -0.3 is 10.2 Å². The van der Waals surface area contributed by atoms with Crippen molar-refractivity contribution >= 4 is 21.6 Å². The lowest BCUT2D eigenvalue weighted by molar-refractivity contribution is -0.116. The molecule has 31 heavy (non-hydrogen) atoms. The maximum absolute atomic E-state index is 13.6. The molecule has 0 unspecified atom stereocenters. The normalized spacial score (nSPS) is 17.8. The number of nitrogens with one attached hydrogen (secondary N) is 1. The Morgan fingerprint density at radius 3 is 2.42 bits per heavy atom. The number of halogens is 1. The van der Waals surface area contributed by atoms with Crippen molar-refractivity contribution in [1.82, 2.24) is 9.21 Å². The van der Waals surface area contributed by atoms with Crippen LogP contribution in [0.1, 0.15) is 30.4 Å². The minimum atomic E-state index is -3.51. The second-order valence-electron chi connectivity index (χ2n) is 8.16. The Kier molecular flexibility index (Phi) is 6.69. The number of carbonyl (C=O) groups excluding carboxylic acids is 1. The Balaban J connectivity index is 1.29. The van der Waals surface area contributed by atoms with Crippen LogP contribution in [0.25, 0.3) is 0 Å². The van der Waals surface area contributed by atoms with Crippen LogP contribution in [0.15, 0.2) is 47.4 Å². The molecule has 2 aromatic rings. The fraction of sp³-hybridized carbons (Fsp3) is 0.435. The van der Waals surface area contributed by atoms with Gasteiger partial charge in [0.05, 0.1) is 10.6 Å². The van der Waals surface area contributed by atoms with Gasteiger partial charge in [-0.1, -0.05) is 18.2 Å². The number of benzene rings is 2. The molecule has 1 aliphatic carbocycles. The summed E-state index contributed by atoms with van der Waals surface area (Å²) in [6.45, 7) is 2.43. The average molecular weight is 446 g/mol. The zero-order chi connectivity index (χ0) is 21.8. The number of hydrogen-bond acceptors (Lipinski definition) is 4. The summed E-state index contributed by atoms with van der Waals surface area (Å²) in [7, 11) is -3.51. The van der Waals surface area contributed by atoms with Crippen molar-refractivity contribution in [3.8, 4) is 0 Å². The number of aryl methyl sites for hydroxylation is 2. The van der Waals surface area contributed by atoms with Crippen molar-refractivity contribution in [1.29, 1.82) is 0 Å². The highest BCUT2D eigenvalue weighted by Crippen LogP contribution is 2.26. The number of anilines is 1. The van der Waals surface area contributed by atoms with Gasteiger partial charge in [0.2, 0.25) is 15.9 Å². The van der Waals surface area contributed by atoms with Crippen LogP contribution in [0.2, 0.25) is 0 Å². The van der Waals surface area contributed by atoms with E-state index in [0.29, 0.717) is 37.6 Å². The number of fused-ring (bicyclic) bond motifs is 1. The predicted molar refractivity (Wildman–Crippen MR) is 118 cm³/mol. The van der Waals surface area contributed by atoms with Gasteiger partial charge in [0.15, 0.2) is 0 Å². The highest BCUT2D eigenvalue weighted by atomic mass is 32.2. The minimum absolute atomic E-state index is 0.175. The fourth-order valence-electron chi connectivity index (χ4n) is 4.25. The quantitative estimate of drug-likeness (QED) is 0.742. The van der Waals surface area contributed by atoms with Crippen molar-refractivity contribution < 1.29 is 17.6 Å². The van der Waals surface area contributed by atoms with E-state index in [9.17, 15) is 17.6 Å². The summed E-state index contributed by atoms with van der Waals surface area (Å²) in [5.41, 5.74) is 2.60. The Hall–Kier alpha value is -2.29. The van der Waals surface area contributed by atoms with E-state index in [0.717, 1.165) is 24.8 Å². The predicted octanol–water partition coefficient (Wildman–Crippen LogP) is 3.04. The van der Waals surface area contributed by atoms with Crippen LogP contribution in [0.3, 0.4) is 0 Å². The van der Waals surface area contributed by atoms with Gasteiger partial charge in [-0.15, -0.1) is 0 Å². The maximum Gasteiger partial charge on any atom is 0.243 e. The van der Waals surface area contributed by atoms with E-state index in [1.165, 1.54) is 28.4 Å². The average Bonchev–Trinajstić information content (AvgIpc) is 2.79. The molecule has 166 valence electrons. The van der Waals surface area contributed by atoms with Crippen molar-refractivity contribution in [2.45, 2.75) is 37.0 Å². The van der Waals surface area contributed by atoms with Crippen molar-refractivity contribution in [2.75, 3.05) is 38.0 Å². The lowest BCUT2D eigenvalue weighted by Crippen LogP contribution is -2.49. The summed E-state index contributed by atoms with van der Waals surface area (Å²) in [6.07, 6.45) is 4.48. The van der Waals surface area contributed by atoms with E-state index < -0.39 is 15.8 Å². The lowest BCUT2D eigenvalue weighted by atomic mass is 9.92. The zero-order valence-electron chi connectivity index (χ0n) is 17.5. The summed E-state index contributed by atoms with van der Waals surface area (Å²) >= 11 is 0. The van der Waals surface area contributed by atoms with E-state index in [1.807, 2.05) is 12.1 Å². The first kappa shape index (κ1) is 21.9. The van der Waals surface area contributed by atoms with Crippen molar-refractivity contribution in [2.24, 2.45) is 0 Å². The summed E-state index contributed by atoms with van der Waals surface area (Å²) in [6, 6.07) is 11.6. The van der Waals surface area contributed by atoms with E-state index in [-0.39, 0.29) is 18.0 Å². The number of amides is 1. The lowest BCUT2D eigenvalue weighted by Gasteiger charge is -2.34. The summed E-state index contributed by atoms with van der Waals surface area (Å²) in [5, 5.41) is 2.58. The number of piperazine rings is 1. The third-order valence-electron chi connectivity index (χ3n) is 6.09. The summed E-state index contributed by atoms with van der Waals surface area (Å²) < 4.78 is 41.4. The first-order chi connectivity index (χ1) is 14.9. The first-order valence-corrected chi connectivity index (χ1v) is 12.3. The molecule has 1 heterocycles. The number of sulfonamides is 1. The molecule has 0 spiro atoms. The SMILES string of the molecule is O=C(CCN1CCN(S(=O)(=O)c2ccc3c(c2)CCCC3)CC1)Nc1ccccc1F. The molecule has 8 heteroatoms. The Morgan fingerprint density at radius 1 is 0.968 bits per heavy atom. The second kappa shape index (κ2) is 9.46. The second-order valence-corrected chi connectivity index (χ2v) is 10.1. The number of para-hydroxylation sites is 1. The third-order valence-corrected chi connectivity index (χ3v) is 7.99. The Labute approximate surface area is 183 Å². The van der Waals surface area contributed by atoms with Crippen LogP contribution in [-0.4, -0.2) is 56.3 Å². The van der Waals surface area contributed by atoms with Crippen LogP contribution >= 0.6 is 0 Å². The first-order valence-electron chi connectivity index (χ1n) is 10.8. The van der Waals surface area contributed by atoms with Gasteiger partial charge in [-0.05, 0) is 61.1 Å². The molecule has 0 bridgehead atoms. The van der Waals surface area contributed by atoms with Crippen molar-refractivity contribution in [3.63, 3.8) is 0 Å². The Bertz CT molecular complexity index is 1050. The molecule has 1 aliphatic heterocycles. The van der Waals surface area contributed by atoms with Gasteiger partial charge in [0.1, 0.15) is 5.82 Å². The van der Waals surface area contributed by atoms with Crippen molar-refractivity contribution in [3.05, 3.63) is 59.4 Å². The van der Waals surface area contributed by atoms with Gasteiger partial charge in [0, 0.05) is 39.1 Å². The molecule has 2 aromatic carbocycles. The fourth-order valence-corrected chi connectivity index (χ4v) is 5.72. The molecule has 2 aliphatic rings. The van der Waals surface area contributed by atoms with Crippen LogP contribution in [0.4, 0.5) is 10.1 Å². The van der Waals surface area contributed by atoms with Crippen LogP contribution in [-0.2, 0) is 27.7 Å². The largest absolute Gasteiger partial charge is 0.324 e. The molecule has 0 atom stereocenters. The van der Waals surface area contributed by atoms with E-state index in [4.69, 9.17) is 0 Å². The number of carbonyl (C=O) groups is 1. The Morgan fingerprint density at radius 2 is 1.68 bits per heavy atom. The standard InChI is InChI=1S/C23H28FN3O3S/c24-21-7-3-4-8-22(21)25-23(28)11-12-26-13-15-27(16-14-26)31(29,30)20-10-9-18-5-1-2-6-19(18)17-20/h3-4,7-10,17H,1-2,5-6,11-16H2,(H,25,28). The smallest absolute Gasteiger partial charge is 0.243 e. The van der Waals surface area contributed by atoms with E-state index in [1.54, 1.807) is 18.2 Å². The van der Waals surface area contributed by atoms with Crippen LogP contribution < -0.4 is 5.32 Å². The van der Waals surface area contributed by atoms with Gasteiger partial charge >= 0.3 is 0 Å². The molecule has 1 N–H and O–H groups in total. The van der Waals surface area contributed by atoms with Gasteiger partial charge in [-0.2, -0.15) is 4.31 Å². The number of rotatable bonds is 6. The highest BCUT2D eigenvalue weighted by Gasteiger charge is 2.29. The van der Waals surface area contributed by atoms with Crippen LogP contribution in [0.5, 0.6) is 0 Å². The summed E-state index contributed by atoms with van der Waals surface area (Å²) in [5.74, 6) is -0.717. The number of hydrogen-bond donors (Lipinski definition) is 1. The molecule has 6 nitrogen and oxygen atoms in total. The zero-order valence-corrected chi connectivity index (χ0v) is 18.3. The van der Waals surface area contributed by atoms with Gasteiger partial charge in [0.25, 0.3) is 0 Å².